The number of anilines is 1. The predicted octanol–water partition coefficient (Wildman–Crippen LogP) is 2.47. The molecule has 0 spiro atoms. The Morgan fingerprint density at radius 1 is 0.871 bits per heavy atom. The average Bonchev–Trinajstić information content (AvgIpc) is 3.21. The van der Waals surface area contributed by atoms with Gasteiger partial charge in [-0.15, -0.1) is 5.10 Å². The Morgan fingerprint density at radius 3 is 2.06 bits per heavy atom. The highest BCUT2D eigenvalue weighted by Gasteiger charge is 2.29. The number of piperazine rings is 1. The molecule has 2 aromatic carbocycles. The summed E-state index contributed by atoms with van der Waals surface area (Å²) in [6.07, 6.45) is -0.892. The second-order valence-electron chi connectivity index (χ2n) is 7.45. The van der Waals surface area contributed by atoms with Crippen molar-refractivity contribution >= 4 is 17.6 Å². The first-order valence-corrected chi connectivity index (χ1v) is 10.3. The number of aryl methyl sites for hydroxylation is 1. The van der Waals surface area contributed by atoms with Gasteiger partial charge in [0.25, 0.3) is 5.91 Å². The molecule has 0 radical (unpaired) electrons. The summed E-state index contributed by atoms with van der Waals surface area (Å²) in [5, 5.41) is 8.53. The molecule has 0 unspecified atom stereocenters. The highest BCUT2D eigenvalue weighted by molar-refractivity contribution is 5.91. The summed E-state index contributed by atoms with van der Waals surface area (Å²) in [4.78, 5) is 30.8. The van der Waals surface area contributed by atoms with Crippen molar-refractivity contribution in [3.8, 4) is 5.69 Å². The summed E-state index contributed by atoms with van der Waals surface area (Å²) in [7, 11) is 0. The molecule has 0 N–H and O–H groups in total. The van der Waals surface area contributed by atoms with E-state index in [0.717, 1.165) is 24.5 Å². The number of amides is 1. The molecule has 1 saturated heterocycles. The summed E-state index contributed by atoms with van der Waals surface area (Å²) >= 11 is 0. The van der Waals surface area contributed by atoms with Crippen molar-refractivity contribution in [2.24, 2.45) is 0 Å². The number of carbonyl (C=O) groups is 2. The van der Waals surface area contributed by atoms with Crippen LogP contribution in [0.3, 0.4) is 0 Å². The van der Waals surface area contributed by atoms with Gasteiger partial charge >= 0.3 is 5.97 Å². The minimum Gasteiger partial charge on any atom is -0.448 e. The van der Waals surface area contributed by atoms with Gasteiger partial charge in [-0.1, -0.05) is 36.4 Å². The molecule has 0 aliphatic carbocycles. The van der Waals surface area contributed by atoms with E-state index in [1.807, 2.05) is 48.5 Å². The fourth-order valence-corrected chi connectivity index (χ4v) is 3.59. The van der Waals surface area contributed by atoms with E-state index in [-0.39, 0.29) is 11.6 Å². The van der Waals surface area contributed by atoms with Gasteiger partial charge in [0.2, 0.25) is 0 Å². The van der Waals surface area contributed by atoms with Crippen LogP contribution in [0.4, 0.5) is 5.69 Å². The summed E-state index contributed by atoms with van der Waals surface area (Å²) in [6.45, 7) is 5.93. The van der Waals surface area contributed by atoms with Crippen LogP contribution >= 0.6 is 0 Å². The number of hydrogen-bond donors (Lipinski definition) is 0. The van der Waals surface area contributed by atoms with Gasteiger partial charge < -0.3 is 14.5 Å². The highest BCUT2D eigenvalue weighted by Crippen LogP contribution is 2.17. The van der Waals surface area contributed by atoms with Crippen molar-refractivity contribution in [1.29, 1.82) is 0 Å². The number of esters is 1. The van der Waals surface area contributed by atoms with E-state index in [2.05, 4.69) is 27.2 Å². The smallest absolute Gasteiger partial charge is 0.361 e. The lowest BCUT2D eigenvalue weighted by Crippen LogP contribution is -2.51. The molecule has 8 nitrogen and oxygen atoms in total. The zero-order valence-electron chi connectivity index (χ0n) is 17.6. The van der Waals surface area contributed by atoms with Gasteiger partial charge in [0.15, 0.2) is 11.8 Å². The second kappa shape index (κ2) is 8.99. The van der Waals surface area contributed by atoms with E-state index in [9.17, 15) is 9.59 Å². The molecule has 0 bridgehead atoms. The lowest BCUT2D eigenvalue weighted by molar-refractivity contribution is -0.140. The van der Waals surface area contributed by atoms with Crippen LogP contribution in [-0.4, -0.2) is 64.1 Å². The normalized spacial score (nSPS) is 14.9. The maximum absolute atomic E-state index is 12.8. The molecule has 8 heteroatoms. The van der Waals surface area contributed by atoms with Gasteiger partial charge in [-0.05, 0) is 38.1 Å². The van der Waals surface area contributed by atoms with Crippen molar-refractivity contribution in [2.45, 2.75) is 20.0 Å². The second-order valence-corrected chi connectivity index (χ2v) is 7.45. The Hall–Kier alpha value is -3.68. The lowest BCUT2D eigenvalue weighted by atomic mass is 10.2. The van der Waals surface area contributed by atoms with E-state index in [0.29, 0.717) is 18.8 Å². The van der Waals surface area contributed by atoms with Gasteiger partial charge in [0, 0.05) is 31.9 Å². The molecule has 1 aromatic heterocycles. The molecular formula is C23H25N5O3. The van der Waals surface area contributed by atoms with Crippen LogP contribution < -0.4 is 4.90 Å². The lowest BCUT2D eigenvalue weighted by Gasteiger charge is -2.37. The zero-order chi connectivity index (χ0) is 21.8. The first-order valence-electron chi connectivity index (χ1n) is 10.3. The van der Waals surface area contributed by atoms with E-state index in [4.69, 9.17) is 4.74 Å². The van der Waals surface area contributed by atoms with Gasteiger partial charge in [0.05, 0.1) is 11.4 Å². The molecule has 3 aromatic rings. The Bertz CT molecular complexity index is 1040. The monoisotopic (exact) mass is 419 g/mol. The van der Waals surface area contributed by atoms with Crippen molar-refractivity contribution in [3.05, 3.63) is 72.1 Å². The van der Waals surface area contributed by atoms with E-state index in [1.165, 1.54) is 4.80 Å². The van der Waals surface area contributed by atoms with Crippen molar-refractivity contribution in [3.63, 3.8) is 0 Å². The molecule has 1 amide bonds. The summed E-state index contributed by atoms with van der Waals surface area (Å²) < 4.78 is 5.43. The largest absolute Gasteiger partial charge is 0.448 e. The molecule has 1 aliphatic rings. The molecule has 160 valence electrons. The summed E-state index contributed by atoms with van der Waals surface area (Å²) in [6, 6.07) is 19.4. The Labute approximate surface area is 181 Å². The van der Waals surface area contributed by atoms with Gasteiger partial charge in [0.1, 0.15) is 0 Å². The van der Waals surface area contributed by atoms with Gasteiger partial charge in [-0.25, -0.2) is 4.79 Å². The molecule has 1 aliphatic heterocycles. The van der Waals surface area contributed by atoms with Crippen LogP contribution in [0.1, 0.15) is 23.1 Å². The Morgan fingerprint density at radius 2 is 1.45 bits per heavy atom. The van der Waals surface area contributed by atoms with Gasteiger partial charge in [-0.3, -0.25) is 4.79 Å². The molecular weight excluding hydrogens is 394 g/mol. The number of benzene rings is 2. The minimum absolute atomic E-state index is 0.109. The van der Waals surface area contributed by atoms with Crippen LogP contribution in [0.5, 0.6) is 0 Å². The van der Waals surface area contributed by atoms with Crippen LogP contribution in [-0.2, 0) is 9.53 Å². The summed E-state index contributed by atoms with van der Waals surface area (Å²) in [5.41, 5.74) is 2.44. The molecule has 4 rings (SSSR count). The Kier molecular flexibility index (Phi) is 5.97. The van der Waals surface area contributed by atoms with Crippen LogP contribution in [0, 0.1) is 6.92 Å². The number of rotatable bonds is 5. The van der Waals surface area contributed by atoms with Crippen LogP contribution in [0.15, 0.2) is 60.7 Å². The predicted molar refractivity (Wildman–Crippen MR) is 116 cm³/mol. The number of carbonyl (C=O) groups excluding carboxylic acids is 2. The molecule has 31 heavy (non-hydrogen) atoms. The molecule has 2 heterocycles. The molecule has 1 fully saturated rings. The van der Waals surface area contributed by atoms with Crippen molar-refractivity contribution in [1.82, 2.24) is 19.9 Å². The van der Waals surface area contributed by atoms with E-state index in [1.54, 1.807) is 18.7 Å². The van der Waals surface area contributed by atoms with Crippen molar-refractivity contribution in [2.75, 3.05) is 31.1 Å². The fourth-order valence-electron chi connectivity index (χ4n) is 3.59. The number of aromatic nitrogens is 3. The number of nitrogens with zero attached hydrogens (tertiary/aromatic N) is 5. The number of ether oxygens (including phenoxy) is 1. The quantitative estimate of drug-likeness (QED) is 0.591. The maximum Gasteiger partial charge on any atom is 0.361 e. The third-order valence-electron chi connectivity index (χ3n) is 5.31. The molecule has 0 saturated carbocycles. The van der Waals surface area contributed by atoms with Gasteiger partial charge in [-0.2, -0.15) is 9.90 Å². The number of para-hydroxylation sites is 2. The minimum atomic E-state index is -0.892. The molecule has 1 atom stereocenters. The third-order valence-corrected chi connectivity index (χ3v) is 5.31. The van der Waals surface area contributed by atoms with Crippen LogP contribution in [0.25, 0.3) is 5.69 Å². The van der Waals surface area contributed by atoms with E-state index < -0.39 is 12.1 Å². The first-order chi connectivity index (χ1) is 15.0. The van der Waals surface area contributed by atoms with Crippen molar-refractivity contribution < 1.29 is 14.3 Å². The average molecular weight is 419 g/mol. The van der Waals surface area contributed by atoms with Crippen LogP contribution in [0.2, 0.25) is 0 Å². The Balaban J connectivity index is 1.35. The first kappa shape index (κ1) is 20.6. The topological polar surface area (TPSA) is 80.6 Å². The maximum atomic E-state index is 12.8. The fraction of sp³-hybridized carbons (Fsp3) is 0.304. The third kappa shape index (κ3) is 4.58. The summed E-state index contributed by atoms with van der Waals surface area (Å²) in [5.74, 6) is -0.849. The standard InChI is InChI=1S/C23H25N5O3/c1-17-21(25-28(24-17)20-11-7-4-8-12-20)23(30)31-18(2)22(29)27-15-13-26(14-16-27)19-9-5-3-6-10-19/h3-12,18H,13-16H2,1-2H3/t18-/m1/s1. The highest BCUT2D eigenvalue weighted by atomic mass is 16.5. The zero-order valence-corrected chi connectivity index (χ0v) is 17.6. The van der Waals surface area contributed by atoms with E-state index >= 15 is 0 Å². The number of hydrogen-bond acceptors (Lipinski definition) is 6. The SMILES string of the molecule is Cc1nn(-c2ccccc2)nc1C(=O)O[C@H](C)C(=O)N1CCN(c2ccccc2)CC1.